The molecule has 1 atom stereocenters. The lowest BCUT2D eigenvalue weighted by Gasteiger charge is -2.13. The molecule has 0 bridgehead atoms. The van der Waals surface area contributed by atoms with Gasteiger partial charge in [0.15, 0.2) is 0 Å². The Morgan fingerprint density at radius 2 is 2.11 bits per heavy atom. The minimum absolute atomic E-state index is 0.418. The molecule has 4 heteroatoms. The topological polar surface area (TPSA) is 48.7 Å². The molecule has 90 valence electrons. The molecule has 0 spiro atoms. The lowest BCUT2D eigenvalue weighted by molar-refractivity contribution is 0.629. The number of hydrogen-bond donors (Lipinski definition) is 1. The summed E-state index contributed by atoms with van der Waals surface area (Å²) in [4.78, 5) is 4.03. The average Bonchev–Trinajstić information content (AvgIpc) is 2.42. The Bertz CT molecular complexity index is 548. The monoisotopic (exact) mass is 257 g/mol. The third-order valence-electron chi connectivity index (χ3n) is 2.58. The highest BCUT2D eigenvalue weighted by Crippen LogP contribution is 2.22. The van der Waals surface area contributed by atoms with Crippen LogP contribution in [0.15, 0.2) is 48.8 Å². The summed E-state index contributed by atoms with van der Waals surface area (Å²) in [7, 11) is 0. The number of benzene rings is 1. The molecule has 1 heterocycles. The first-order chi connectivity index (χ1) is 8.81. The maximum Gasteiger partial charge on any atom is 0.123 e. The van der Waals surface area contributed by atoms with Crippen LogP contribution in [0.3, 0.4) is 0 Å². The van der Waals surface area contributed by atoms with Crippen molar-refractivity contribution >= 4 is 11.6 Å². The molecule has 1 aromatic heterocycles. The van der Waals surface area contributed by atoms with E-state index in [1.807, 2.05) is 30.3 Å². The second-order valence-corrected chi connectivity index (χ2v) is 4.23. The van der Waals surface area contributed by atoms with E-state index >= 15 is 0 Å². The van der Waals surface area contributed by atoms with Crippen molar-refractivity contribution in [2.45, 2.75) is 12.6 Å². The number of rotatable bonds is 4. The van der Waals surface area contributed by atoms with E-state index in [-0.39, 0.29) is 0 Å². The molecule has 0 fully saturated rings. The highest BCUT2D eigenvalue weighted by Gasteiger charge is 2.12. The zero-order chi connectivity index (χ0) is 12.8. The number of nitrogens with zero attached hydrogens (tertiary/aromatic N) is 2. The Morgan fingerprint density at radius 1 is 1.28 bits per heavy atom. The molecule has 0 saturated heterocycles. The molecular formula is C14H12ClN3. The molecule has 3 nitrogen and oxygen atoms in total. The van der Waals surface area contributed by atoms with Crippen LogP contribution in [0.1, 0.15) is 17.2 Å². The number of nitrogens with one attached hydrogen (secondary N) is 1. The predicted octanol–water partition coefficient (Wildman–Crippen LogP) is 3.09. The zero-order valence-corrected chi connectivity index (χ0v) is 10.4. The maximum absolute atomic E-state index is 9.20. The SMILES string of the molecule is N#CC(NCc1cccnc1)c1ccccc1Cl. The van der Waals surface area contributed by atoms with Gasteiger partial charge in [0.05, 0.1) is 6.07 Å². The van der Waals surface area contributed by atoms with Crippen molar-refractivity contribution in [1.82, 2.24) is 10.3 Å². The lowest BCUT2D eigenvalue weighted by atomic mass is 10.1. The van der Waals surface area contributed by atoms with Gasteiger partial charge in [-0.1, -0.05) is 35.9 Å². The zero-order valence-electron chi connectivity index (χ0n) is 9.68. The van der Waals surface area contributed by atoms with Gasteiger partial charge < -0.3 is 0 Å². The molecule has 2 aromatic rings. The summed E-state index contributed by atoms with van der Waals surface area (Å²) >= 11 is 6.08. The Hall–Kier alpha value is -1.89. The summed E-state index contributed by atoms with van der Waals surface area (Å²) in [5.41, 5.74) is 1.83. The number of halogens is 1. The van der Waals surface area contributed by atoms with Crippen LogP contribution >= 0.6 is 11.6 Å². The lowest BCUT2D eigenvalue weighted by Crippen LogP contribution is -2.19. The summed E-state index contributed by atoms with van der Waals surface area (Å²) in [6, 6.07) is 13.0. The normalized spacial score (nSPS) is 11.8. The molecule has 1 aromatic carbocycles. The van der Waals surface area contributed by atoms with Crippen molar-refractivity contribution in [2.75, 3.05) is 0 Å². The average molecular weight is 258 g/mol. The molecule has 0 amide bonds. The molecule has 0 radical (unpaired) electrons. The van der Waals surface area contributed by atoms with E-state index in [1.54, 1.807) is 18.5 Å². The van der Waals surface area contributed by atoms with Gasteiger partial charge in [0.1, 0.15) is 6.04 Å². The minimum Gasteiger partial charge on any atom is -0.294 e. The quantitative estimate of drug-likeness (QED) is 0.916. The van der Waals surface area contributed by atoms with Crippen LogP contribution in [0.25, 0.3) is 0 Å². The van der Waals surface area contributed by atoms with Gasteiger partial charge in [-0.15, -0.1) is 0 Å². The van der Waals surface area contributed by atoms with Crippen LogP contribution in [0, 0.1) is 11.3 Å². The highest BCUT2D eigenvalue weighted by atomic mass is 35.5. The smallest absolute Gasteiger partial charge is 0.123 e. The molecule has 0 aliphatic rings. The number of pyridine rings is 1. The van der Waals surface area contributed by atoms with Gasteiger partial charge in [0.2, 0.25) is 0 Å². The van der Waals surface area contributed by atoms with E-state index in [9.17, 15) is 5.26 Å². The van der Waals surface area contributed by atoms with Gasteiger partial charge in [0.25, 0.3) is 0 Å². The first-order valence-electron chi connectivity index (χ1n) is 5.57. The fourth-order valence-corrected chi connectivity index (χ4v) is 1.90. The third kappa shape index (κ3) is 3.07. The second-order valence-electron chi connectivity index (χ2n) is 3.83. The maximum atomic E-state index is 9.20. The summed E-state index contributed by atoms with van der Waals surface area (Å²) in [5, 5.41) is 13.0. The first kappa shape index (κ1) is 12.6. The standard InChI is InChI=1S/C14H12ClN3/c15-13-6-2-1-5-12(13)14(8-16)18-10-11-4-3-7-17-9-11/h1-7,9,14,18H,10H2. The largest absolute Gasteiger partial charge is 0.294 e. The molecular weight excluding hydrogens is 246 g/mol. The summed E-state index contributed by atoms with van der Waals surface area (Å²) in [6.45, 7) is 0.581. The van der Waals surface area contributed by atoms with Crippen molar-refractivity contribution in [3.63, 3.8) is 0 Å². The fraction of sp³-hybridized carbons (Fsp3) is 0.143. The third-order valence-corrected chi connectivity index (χ3v) is 2.92. The number of hydrogen-bond acceptors (Lipinski definition) is 3. The van der Waals surface area contributed by atoms with Crippen molar-refractivity contribution in [2.24, 2.45) is 0 Å². The van der Waals surface area contributed by atoms with Gasteiger partial charge in [-0.05, 0) is 17.7 Å². The minimum atomic E-state index is -0.418. The molecule has 2 rings (SSSR count). The van der Waals surface area contributed by atoms with E-state index in [0.29, 0.717) is 11.6 Å². The number of nitriles is 1. The van der Waals surface area contributed by atoms with Crippen molar-refractivity contribution < 1.29 is 0 Å². The van der Waals surface area contributed by atoms with Gasteiger partial charge >= 0.3 is 0 Å². The molecule has 0 saturated carbocycles. The van der Waals surface area contributed by atoms with Crippen molar-refractivity contribution in [1.29, 1.82) is 5.26 Å². The fourth-order valence-electron chi connectivity index (χ4n) is 1.66. The Kier molecular flexibility index (Phi) is 4.30. The summed E-state index contributed by atoms with van der Waals surface area (Å²) in [6.07, 6.45) is 3.49. The van der Waals surface area contributed by atoms with E-state index in [4.69, 9.17) is 11.6 Å². The highest BCUT2D eigenvalue weighted by molar-refractivity contribution is 6.31. The molecule has 18 heavy (non-hydrogen) atoms. The van der Waals surface area contributed by atoms with Gasteiger partial charge in [-0.25, -0.2) is 0 Å². The van der Waals surface area contributed by atoms with Crippen LogP contribution < -0.4 is 5.32 Å². The van der Waals surface area contributed by atoms with Gasteiger partial charge in [-0.3, -0.25) is 10.3 Å². The van der Waals surface area contributed by atoms with E-state index in [2.05, 4.69) is 16.4 Å². The van der Waals surface area contributed by atoms with Gasteiger partial charge in [0, 0.05) is 29.5 Å². The van der Waals surface area contributed by atoms with Crippen molar-refractivity contribution in [3.05, 3.63) is 64.9 Å². The van der Waals surface area contributed by atoms with Crippen LogP contribution in [0.5, 0.6) is 0 Å². The van der Waals surface area contributed by atoms with Crippen LogP contribution in [0.2, 0.25) is 5.02 Å². The Balaban J connectivity index is 2.08. The van der Waals surface area contributed by atoms with E-state index in [0.717, 1.165) is 11.1 Å². The Morgan fingerprint density at radius 3 is 2.78 bits per heavy atom. The predicted molar refractivity (Wildman–Crippen MR) is 70.9 cm³/mol. The first-order valence-corrected chi connectivity index (χ1v) is 5.95. The van der Waals surface area contributed by atoms with Crippen LogP contribution in [-0.4, -0.2) is 4.98 Å². The summed E-state index contributed by atoms with van der Waals surface area (Å²) in [5.74, 6) is 0. The molecule has 0 aliphatic heterocycles. The Labute approximate surface area is 111 Å². The second kappa shape index (κ2) is 6.15. The van der Waals surface area contributed by atoms with Crippen LogP contribution in [0.4, 0.5) is 0 Å². The molecule has 1 N–H and O–H groups in total. The van der Waals surface area contributed by atoms with E-state index in [1.165, 1.54) is 0 Å². The van der Waals surface area contributed by atoms with Gasteiger partial charge in [-0.2, -0.15) is 5.26 Å². The van der Waals surface area contributed by atoms with E-state index < -0.39 is 6.04 Å². The summed E-state index contributed by atoms with van der Waals surface area (Å²) < 4.78 is 0. The molecule has 0 aliphatic carbocycles. The van der Waals surface area contributed by atoms with Crippen LogP contribution in [-0.2, 0) is 6.54 Å². The molecule has 1 unspecified atom stereocenters. The van der Waals surface area contributed by atoms with Crippen molar-refractivity contribution in [3.8, 4) is 6.07 Å². The number of aromatic nitrogens is 1.